The fraction of sp³-hybridized carbons (Fsp3) is 0.192. The van der Waals surface area contributed by atoms with Gasteiger partial charge in [-0.15, -0.1) is 0 Å². The summed E-state index contributed by atoms with van der Waals surface area (Å²) in [6.07, 6.45) is 1.49. The zero-order valence-corrected chi connectivity index (χ0v) is 20.9. The molecule has 0 radical (unpaired) electrons. The molecule has 3 heterocycles. The van der Waals surface area contributed by atoms with Crippen LogP contribution in [0.25, 0.3) is 11.4 Å². The molecule has 186 valence electrons. The molecule has 1 aliphatic heterocycles. The molecule has 1 amide bonds. The molecule has 0 aliphatic carbocycles. The fourth-order valence-electron chi connectivity index (χ4n) is 4.59. The SMILES string of the molecule is COc1nc(N)ncc1-c1nc2c(n1C(C)C)C(c1ccc(C#N)cc1)N(c1cccc(Cl)c1F)C2=O. The van der Waals surface area contributed by atoms with Crippen molar-refractivity contribution >= 4 is 29.1 Å². The highest BCUT2D eigenvalue weighted by atomic mass is 35.5. The van der Waals surface area contributed by atoms with E-state index < -0.39 is 17.8 Å². The lowest BCUT2D eigenvalue weighted by Crippen LogP contribution is -2.31. The molecule has 1 unspecified atom stereocenters. The van der Waals surface area contributed by atoms with Gasteiger partial charge in [-0.2, -0.15) is 10.2 Å². The second kappa shape index (κ2) is 9.19. The van der Waals surface area contributed by atoms with Crippen LogP contribution < -0.4 is 15.4 Å². The van der Waals surface area contributed by atoms with Gasteiger partial charge in [0.2, 0.25) is 11.8 Å². The Morgan fingerprint density at radius 3 is 2.57 bits per heavy atom. The highest BCUT2D eigenvalue weighted by Crippen LogP contribution is 2.46. The Labute approximate surface area is 216 Å². The van der Waals surface area contributed by atoms with E-state index in [1.165, 1.54) is 30.3 Å². The molecular formula is C26H21ClFN7O2. The molecule has 1 aliphatic rings. The fourth-order valence-corrected chi connectivity index (χ4v) is 4.76. The molecule has 0 fully saturated rings. The molecular weight excluding hydrogens is 497 g/mol. The number of halogens is 2. The predicted octanol–water partition coefficient (Wildman–Crippen LogP) is 4.93. The Bertz CT molecular complexity index is 1580. The number of nitriles is 1. The van der Waals surface area contributed by atoms with E-state index in [1.54, 1.807) is 30.3 Å². The summed E-state index contributed by atoms with van der Waals surface area (Å²) in [4.78, 5) is 28.2. The average Bonchev–Trinajstić information content (AvgIpc) is 3.41. The maximum Gasteiger partial charge on any atom is 0.279 e. The van der Waals surface area contributed by atoms with Crippen molar-refractivity contribution in [2.75, 3.05) is 17.7 Å². The summed E-state index contributed by atoms with van der Waals surface area (Å²) >= 11 is 6.08. The lowest BCUT2D eigenvalue weighted by Gasteiger charge is -2.29. The molecule has 2 aromatic carbocycles. The van der Waals surface area contributed by atoms with Crippen molar-refractivity contribution < 1.29 is 13.9 Å². The summed E-state index contributed by atoms with van der Waals surface area (Å²) in [6.45, 7) is 3.89. The van der Waals surface area contributed by atoms with Crippen LogP contribution in [-0.2, 0) is 0 Å². The number of benzene rings is 2. The number of fused-ring (bicyclic) bond motifs is 1. The molecule has 0 bridgehead atoms. The van der Waals surface area contributed by atoms with Gasteiger partial charge in [-0.3, -0.25) is 9.69 Å². The van der Waals surface area contributed by atoms with Crippen molar-refractivity contribution in [3.8, 4) is 23.3 Å². The van der Waals surface area contributed by atoms with Crippen LogP contribution in [0.4, 0.5) is 16.0 Å². The van der Waals surface area contributed by atoms with Gasteiger partial charge in [-0.25, -0.2) is 14.4 Å². The molecule has 2 N–H and O–H groups in total. The van der Waals surface area contributed by atoms with Crippen molar-refractivity contribution in [1.29, 1.82) is 5.26 Å². The Kier molecular flexibility index (Phi) is 6.01. The third-order valence-corrected chi connectivity index (χ3v) is 6.45. The van der Waals surface area contributed by atoms with Crippen molar-refractivity contribution in [3.05, 3.63) is 82.0 Å². The lowest BCUT2D eigenvalue weighted by atomic mass is 10.0. The van der Waals surface area contributed by atoms with Gasteiger partial charge in [-0.05, 0) is 43.7 Å². The van der Waals surface area contributed by atoms with Crippen molar-refractivity contribution in [3.63, 3.8) is 0 Å². The standard InChI is InChI=1S/C26H21ClFN7O2/c1-13(2)34-22-20(32-23(34)16-12-31-26(30)33-24(16)37-3)25(36)35(18-6-4-5-17(27)19(18)28)21(22)15-9-7-14(11-29)8-10-15/h4-10,12-13,21H,1-3H3,(H2,30,31,33). The van der Waals surface area contributed by atoms with Gasteiger partial charge in [0.25, 0.3) is 5.91 Å². The summed E-state index contributed by atoms with van der Waals surface area (Å²) in [5.74, 6) is -0.564. The topological polar surface area (TPSA) is 123 Å². The summed E-state index contributed by atoms with van der Waals surface area (Å²) < 4.78 is 22.6. The van der Waals surface area contributed by atoms with Crippen LogP contribution in [0.15, 0.2) is 48.7 Å². The largest absolute Gasteiger partial charge is 0.480 e. The smallest absolute Gasteiger partial charge is 0.279 e. The molecule has 1 atom stereocenters. The number of ether oxygens (including phenoxy) is 1. The van der Waals surface area contributed by atoms with Gasteiger partial charge in [0.15, 0.2) is 11.5 Å². The molecule has 0 spiro atoms. The van der Waals surface area contributed by atoms with E-state index in [0.717, 1.165) is 0 Å². The molecule has 2 aromatic heterocycles. The molecule has 4 aromatic rings. The monoisotopic (exact) mass is 517 g/mol. The maximum absolute atomic E-state index is 15.3. The number of methoxy groups -OCH3 is 1. The minimum Gasteiger partial charge on any atom is -0.480 e. The highest BCUT2D eigenvalue weighted by molar-refractivity contribution is 6.31. The van der Waals surface area contributed by atoms with Gasteiger partial charge in [-0.1, -0.05) is 29.8 Å². The number of nitrogens with two attached hydrogens (primary N) is 1. The lowest BCUT2D eigenvalue weighted by molar-refractivity contribution is 0.0988. The number of hydrogen-bond acceptors (Lipinski definition) is 7. The van der Waals surface area contributed by atoms with Crippen molar-refractivity contribution in [1.82, 2.24) is 19.5 Å². The third kappa shape index (κ3) is 3.84. The number of nitrogen functional groups attached to an aromatic ring is 1. The summed E-state index contributed by atoms with van der Waals surface area (Å²) in [6, 6.07) is 12.4. The van der Waals surface area contributed by atoms with Crippen LogP contribution in [0, 0.1) is 17.1 Å². The molecule has 0 saturated heterocycles. The van der Waals surface area contributed by atoms with E-state index in [4.69, 9.17) is 27.1 Å². The summed E-state index contributed by atoms with van der Waals surface area (Å²) in [5.41, 5.74) is 8.04. The number of imidazole rings is 1. The Hall–Kier alpha value is -4.49. The van der Waals surface area contributed by atoms with Gasteiger partial charge < -0.3 is 15.0 Å². The second-order valence-electron chi connectivity index (χ2n) is 8.67. The first-order valence-corrected chi connectivity index (χ1v) is 11.7. The zero-order valence-electron chi connectivity index (χ0n) is 20.1. The van der Waals surface area contributed by atoms with Gasteiger partial charge in [0, 0.05) is 12.2 Å². The number of anilines is 2. The molecule has 37 heavy (non-hydrogen) atoms. The van der Waals surface area contributed by atoms with E-state index in [0.29, 0.717) is 28.2 Å². The first-order chi connectivity index (χ1) is 17.8. The minimum absolute atomic E-state index is 0.0233. The van der Waals surface area contributed by atoms with E-state index >= 15 is 4.39 Å². The van der Waals surface area contributed by atoms with Crippen LogP contribution >= 0.6 is 11.6 Å². The molecule has 9 nitrogen and oxygen atoms in total. The Morgan fingerprint density at radius 2 is 1.92 bits per heavy atom. The number of nitrogens with zero attached hydrogens (tertiary/aromatic N) is 6. The second-order valence-corrected chi connectivity index (χ2v) is 9.08. The van der Waals surface area contributed by atoms with Crippen LogP contribution in [0.5, 0.6) is 5.88 Å². The van der Waals surface area contributed by atoms with E-state index in [1.807, 2.05) is 18.4 Å². The van der Waals surface area contributed by atoms with E-state index in [-0.39, 0.29) is 34.3 Å². The minimum atomic E-state index is -0.757. The molecule has 11 heteroatoms. The summed E-state index contributed by atoms with van der Waals surface area (Å²) in [7, 11) is 1.45. The number of aromatic nitrogens is 4. The van der Waals surface area contributed by atoms with E-state index in [2.05, 4.69) is 16.0 Å². The van der Waals surface area contributed by atoms with Gasteiger partial charge in [0.1, 0.15) is 11.9 Å². The van der Waals surface area contributed by atoms with Crippen LogP contribution in [-0.4, -0.2) is 32.5 Å². The molecule has 0 saturated carbocycles. The average molecular weight is 518 g/mol. The highest BCUT2D eigenvalue weighted by Gasteiger charge is 2.46. The van der Waals surface area contributed by atoms with Crippen molar-refractivity contribution in [2.45, 2.75) is 25.9 Å². The number of carbonyl (C=O) groups excluding carboxylic acids is 1. The first kappa shape index (κ1) is 24.2. The van der Waals surface area contributed by atoms with Crippen molar-refractivity contribution in [2.24, 2.45) is 0 Å². The van der Waals surface area contributed by atoms with Gasteiger partial charge in [0.05, 0.1) is 40.7 Å². The number of rotatable bonds is 5. The normalized spacial score (nSPS) is 14.7. The third-order valence-electron chi connectivity index (χ3n) is 6.16. The predicted molar refractivity (Wildman–Crippen MR) is 136 cm³/mol. The Balaban J connectivity index is 1.80. The van der Waals surface area contributed by atoms with E-state index in [9.17, 15) is 10.1 Å². The quantitative estimate of drug-likeness (QED) is 0.398. The first-order valence-electron chi connectivity index (χ1n) is 11.3. The molecule has 5 rings (SSSR count). The maximum atomic E-state index is 15.3. The number of amides is 1. The number of carbonyl (C=O) groups is 1. The number of hydrogen-bond donors (Lipinski definition) is 1. The van der Waals surface area contributed by atoms with Crippen LogP contribution in [0.2, 0.25) is 5.02 Å². The van der Waals surface area contributed by atoms with Gasteiger partial charge >= 0.3 is 0 Å². The summed E-state index contributed by atoms with van der Waals surface area (Å²) in [5, 5.41) is 9.17. The Morgan fingerprint density at radius 1 is 1.19 bits per heavy atom. The van der Waals surface area contributed by atoms with Crippen LogP contribution in [0.3, 0.4) is 0 Å². The zero-order chi connectivity index (χ0) is 26.4. The van der Waals surface area contributed by atoms with Crippen LogP contribution in [0.1, 0.15) is 53.2 Å².